The maximum absolute atomic E-state index is 5.98. The van der Waals surface area contributed by atoms with Crippen LogP contribution < -0.4 is 5.73 Å². The molecule has 2 N–H and O–H groups in total. The molecule has 1 aromatic heterocycles. The van der Waals surface area contributed by atoms with Crippen LogP contribution in [0.5, 0.6) is 0 Å². The van der Waals surface area contributed by atoms with Gasteiger partial charge in [0.15, 0.2) is 0 Å². The Morgan fingerprint density at radius 3 is 2.67 bits per heavy atom. The fourth-order valence-corrected chi connectivity index (χ4v) is 3.80. The Hall–Kier alpha value is 0.140. The summed E-state index contributed by atoms with van der Waals surface area (Å²) in [6, 6.07) is 2.40. The van der Waals surface area contributed by atoms with Gasteiger partial charge in [-0.2, -0.15) is 0 Å². The van der Waals surface area contributed by atoms with Crippen molar-refractivity contribution in [3.8, 4) is 0 Å². The summed E-state index contributed by atoms with van der Waals surface area (Å²) in [4.78, 5) is 1.44. The second kappa shape index (κ2) is 2.82. The van der Waals surface area contributed by atoms with Crippen molar-refractivity contribution >= 4 is 27.3 Å². The molecule has 3 heteroatoms. The van der Waals surface area contributed by atoms with Crippen LogP contribution >= 0.6 is 27.3 Å². The monoisotopic (exact) mass is 245 g/mol. The summed E-state index contributed by atoms with van der Waals surface area (Å²) in [5.41, 5.74) is 6.29. The molecule has 2 rings (SSSR count). The van der Waals surface area contributed by atoms with Crippen LogP contribution in [0.25, 0.3) is 0 Å². The van der Waals surface area contributed by atoms with E-state index in [0.717, 1.165) is 0 Å². The first-order valence-corrected chi connectivity index (χ1v) is 5.83. The van der Waals surface area contributed by atoms with E-state index < -0.39 is 0 Å². The van der Waals surface area contributed by atoms with E-state index in [2.05, 4.69) is 34.3 Å². The summed E-state index contributed by atoms with van der Waals surface area (Å²) in [5, 5.41) is 2.13. The summed E-state index contributed by atoms with van der Waals surface area (Å²) < 4.78 is 1.24. The largest absolute Gasteiger partial charge is 0.327 e. The predicted molar refractivity (Wildman–Crippen MR) is 56.6 cm³/mol. The van der Waals surface area contributed by atoms with Gasteiger partial charge in [-0.15, -0.1) is 11.3 Å². The molecule has 1 saturated carbocycles. The minimum Gasteiger partial charge on any atom is -0.327 e. The molecule has 1 nitrogen and oxygen atoms in total. The van der Waals surface area contributed by atoms with Gasteiger partial charge in [0, 0.05) is 20.8 Å². The highest BCUT2D eigenvalue weighted by atomic mass is 79.9. The third-order valence-corrected chi connectivity index (χ3v) is 4.79. The Bertz CT molecular complexity index is 288. The molecule has 0 bridgehead atoms. The van der Waals surface area contributed by atoms with Crippen molar-refractivity contribution in [2.75, 3.05) is 0 Å². The molecule has 1 aliphatic rings. The smallest absolute Gasteiger partial charge is 0.0320 e. The molecule has 66 valence electrons. The lowest BCUT2D eigenvalue weighted by Gasteiger charge is -2.18. The standard InChI is InChI=1S/C9H12BrNS/c1-6(11)9(3-4-9)8-7(10)2-5-12-8/h2,5-6H,3-4,11H2,1H3. The first kappa shape index (κ1) is 8.73. The maximum atomic E-state index is 5.98. The molecule has 1 heterocycles. The van der Waals surface area contributed by atoms with Gasteiger partial charge in [0.25, 0.3) is 0 Å². The average molecular weight is 246 g/mol. The summed E-state index contributed by atoms with van der Waals surface area (Å²) in [7, 11) is 0. The normalized spacial score (nSPS) is 22.2. The third kappa shape index (κ3) is 1.15. The Kier molecular flexibility index (Phi) is 2.05. The van der Waals surface area contributed by atoms with Crippen LogP contribution in [0.1, 0.15) is 24.6 Å². The first-order chi connectivity index (χ1) is 5.67. The van der Waals surface area contributed by atoms with Crippen LogP contribution in [0.2, 0.25) is 0 Å². The van der Waals surface area contributed by atoms with Gasteiger partial charge in [0.2, 0.25) is 0 Å². The van der Waals surface area contributed by atoms with Gasteiger partial charge in [0.05, 0.1) is 0 Å². The minimum absolute atomic E-state index is 0.285. The van der Waals surface area contributed by atoms with Crippen LogP contribution in [0.15, 0.2) is 15.9 Å². The number of halogens is 1. The van der Waals surface area contributed by atoms with Crippen molar-refractivity contribution in [2.24, 2.45) is 5.73 Å². The van der Waals surface area contributed by atoms with E-state index in [4.69, 9.17) is 5.73 Å². The van der Waals surface area contributed by atoms with Crippen molar-refractivity contribution in [1.29, 1.82) is 0 Å². The van der Waals surface area contributed by atoms with E-state index in [1.807, 2.05) is 11.3 Å². The number of nitrogens with two attached hydrogens (primary N) is 1. The van der Waals surface area contributed by atoms with E-state index in [0.29, 0.717) is 5.41 Å². The molecule has 1 atom stereocenters. The zero-order chi connectivity index (χ0) is 8.77. The second-order valence-electron chi connectivity index (χ2n) is 3.54. The molecular formula is C9H12BrNS. The lowest BCUT2D eigenvalue weighted by molar-refractivity contribution is 0.564. The molecule has 1 aliphatic carbocycles. The van der Waals surface area contributed by atoms with Crippen molar-refractivity contribution in [2.45, 2.75) is 31.2 Å². The molecular weight excluding hydrogens is 234 g/mol. The van der Waals surface area contributed by atoms with E-state index in [1.54, 1.807) is 0 Å². The quantitative estimate of drug-likeness (QED) is 0.853. The highest BCUT2D eigenvalue weighted by Crippen LogP contribution is 2.54. The molecule has 0 spiro atoms. The SMILES string of the molecule is CC(N)C1(c2sccc2Br)CC1. The van der Waals surface area contributed by atoms with Gasteiger partial charge in [-0.05, 0) is 47.1 Å². The van der Waals surface area contributed by atoms with Crippen molar-refractivity contribution in [3.05, 3.63) is 20.8 Å². The van der Waals surface area contributed by atoms with E-state index in [9.17, 15) is 0 Å². The Morgan fingerprint density at radius 1 is 1.67 bits per heavy atom. The van der Waals surface area contributed by atoms with E-state index in [-0.39, 0.29) is 6.04 Å². The van der Waals surface area contributed by atoms with Crippen molar-refractivity contribution in [3.63, 3.8) is 0 Å². The molecule has 0 aromatic carbocycles. The maximum Gasteiger partial charge on any atom is 0.0320 e. The van der Waals surface area contributed by atoms with Crippen LogP contribution in [-0.4, -0.2) is 6.04 Å². The van der Waals surface area contributed by atoms with Crippen molar-refractivity contribution < 1.29 is 0 Å². The molecule has 1 fully saturated rings. The second-order valence-corrected chi connectivity index (χ2v) is 5.31. The minimum atomic E-state index is 0.285. The summed E-state index contributed by atoms with van der Waals surface area (Å²) in [6.07, 6.45) is 2.51. The van der Waals surface area contributed by atoms with Crippen LogP contribution in [0, 0.1) is 0 Å². The molecule has 0 saturated heterocycles. The fraction of sp³-hybridized carbons (Fsp3) is 0.556. The Balaban J connectivity index is 2.36. The van der Waals surface area contributed by atoms with Crippen molar-refractivity contribution in [1.82, 2.24) is 0 Å². The van der Waals surface area contributed by atoms with Gasteiger partial charge < -0.3 is 5.73 Å². The lowest BCUT2D eigenvalue weighted by atomic mass is 9.97. The first-order valence-electron chi connectivity index (χ1n) is 4.16. The Morgan fingerprint density at radius 2 is 2.33 bits per heavy atom. The number of hydrogen-bond donors (Lipinski definition) is 1. The van der Waals surface area contributed by atoms with Gasteiger partial charge in [0.1, 0.15) is 0 Å². The lowest BCUT2D eigenvalue weighted by Crippen LogP contribution is -2.30. The van der Waals surface area contributed by atoms with Gasteiger partial charge >= 0.3 is 0 Å². The zero-order valence-electron chi connectivity index (χ0n) is 7.01. The summed E-state index contributed by atoms with van der Waals surface area (Å²) in [6.45, 7) is 2.11. The van der Waals surface area contributed by atoms with Crippen LogP contribution in [0.3, 0.4) is 0 Å². The predicted octanol–water partition coefficient (Wildman–Crippen LogP) is 2.89. The average Bonchev–Trinajstić information content (AvgIpc) is 2.71. The van der Waals surface area contributed by atoms with Gasteiger partial charge in [-0.25, -0.2) is 0 Å². The number of rotatable bonds is 2. The highest BCUT2D eigenvalue weighted by Gasteiger charge is 2.49. The van der Waals surface area contributed by atoms with Gasteiger partial charge in [-0.1, -0.05) is 0 Å². The molecule has 12 heavy (non-hydrogen) atoms. The van der Waals surface area contributed by atoms with Crippen LogP contribution in [-0.2, 0) is 5.41 Å². The molecule has 0 aliphatic heterocycles. The molecule has 1 aromatic rings. The number of hydrogen-bond acceptors (Lipinski definition) is 2. The highest BCUT2D eigenvalue weighted by molar-refractivity contribution is 9.10. The van der Waals surface area contributed by atoms with E-state index >= 15 is 0 Å². The summed E-state index contributed by atoms with van der Waals surface area (Å²) in [5.74, 6) is 0. The molecule has 1 unspecified atom stereocenters. The van der Waals surface area contributed by atoms with Crippen LogP contribution in [0.4, 0.5) is 0 Å². The third-order valence-electron chi connectivity index (χ3n) is 2.73. The molecule has 0 amide bonds. The Labute approximate surface area is 85.1 Å². The zero-order valence-corrected chi connectivity index (χ0v) is 9.41. The number of thiophene rings is 1. The van der Waals surface area contributed by atoms with Gasteiger partial charge in [-0.3, -0.25) is 0 Å². The van der Waals surface area contributed by atoms with E-state index in [1.165, 1.54) is 22.2 Å². The molecule has 0 radical (unpaired) electrons. The summed E-state index contributed by atoms with van der Waals surface area (Å²) >= 11 is 5.39. The fourth-order valence-electron chi connectivity index (χ4n) is 1.67. The topological polar surface area (TPSA) is 26.0 Å².